The second-order valence-corrected chi connectivity index (χ2v) is 15.0. The average Bonchev–Trinajstić information content (AvgIpc) is 3.02. The maximum Gasteiger partial charge on any atom is 0.408 e. The monoisotopic (exact) mass is 915 g/mol. The number of esters is 1. The van der Waals surface area contributed by atoms with Crippen molar-refractivity contribution in [2.75, 3.05) is 13.7 Å². The molecule has 0 saturated carbocycles. The molecule has 0 spiro atoms. The van der Waals surface area contributed by atoms with Crippen LogP contribution >= 0.6 is 54.5 Å². The Morgan fingerprint density at radius 2 is 1.65 bits per heavy atom. The Bertz CT molecular complexity index is 1680. The first-order valence-electron chi connectivity index (χ1n) is 15.1. The molecule has 0 radical (unpaired) electrons. The van der Waals surface area contributed by atoms with Crippen molar-refractivity contribution >= 4 is 78.3 Å². The van der Waals surface area contributed by atoms with Gasteiger partial charge < -0.3 is 40.0 Å². The van der Waals surface area contributed by atoms with Crippen LogP contribution in [0.25, 0.3) is 0 Å². The number of carbonyl (C=O) groups excluding carboxylic acids is 4. The summed E-state index contributed by atoms with van der Waals surface area (Å²) in [5.74, 6) is -1.87. The highest BCUT2D eigenvalue weighted by atomic mass is 127. The lowest BCUT2D eigenvalue weighted by molar-refractivity contribution is -0.145. The number of rotatable bonds is 6. The molecule has 2 heterocycles. The van der Waals surface area contributed by atoms with Crippen LogP contribution in [0.1, 0.15) is 37.5 Å². The molecule has 4 N–H and O–H groups in total. The lowest BCUT2D eigenvalue weighted by atomic mass is 10.0. The molecule has 3 aromatic rings. The number of carbonyl (C=O) groups is 4. The molecule has 2 aliphatic rings. The number of phenolic OH excluding ortho intramolecular Hbond substituents is 1. The summed E-state index contributed by atoms with van der Waals surface area (Å²) in [5, 5.41) is 18.9. The van der Waals surface area contributed by atoms with Gasteiger partial charge in [0.15, 0.2) is 17.2 Å². The highest BCUT2D eigenvalue weighted by molar-refractivity contribution is 14.1. The molecule has 5 rings (SSSR count). The van der Waals surface area contributed by atoms with Gasteiger partial charge in [0, 0.05) is 12.8 Å². The SMILES string of the molecule is COC(=O)[C@@H]1Cc2cc(Br)c(c(Br)c2)Oc2cc(cc(I)c2O)C[C@H](NC(=O)OC(C)(C)C)C(=O)N[C@@H](COCc2ccccc2)C(=O)N1. The zero-order valence-corrected chi connectivity index (χ0v) is 32.4. The van der Waals surface area contributed by atoms with Gasteiger partial charge in [-0.3, -0.25) is 9.59 Å². The van der Waals surface area contributed by atoms with Gasteiger partial charge in [-0.25, -0.2) is 9.59 Å². The number of halogens is 3. The average molecular weight is 917 g/mol. The Kier molecular flexibility index (Phi) is 13.3. The number of alkyl carbamates (subject to hydrolysis) is 1. The molecule has 2 aliphatic heterocycles. The number of hydrogen-bond acceptors (Lipinski definition) is 9. The van der Waals surface area contributed by atoms with Crippen molar-refractivity contribution in [1.82, 2.24) is 16.0 Å². The summed E-state index contributed by atoms with van der Waals surface area (Å²) in [4.78, 5) is 53.6. The van der Waals surface area contributed by atoms with Crippen LogP contribution in [-0.4, -0.2) is 66.4 Å². The summed E-state index contributed by atoms with van der Waals surface area (Å²) >= 11 is 8.98. The van der Waals surface area contributed by atoms with Gasteiger partial charge in [0.25, 0.3) is 0 Å². The third-order valence-electron chi connectivity index (χ3n) is 7.08. The Labute approximate surface area is 314 Å². The minimum Gasteiger partial charge on any atom is -0.504 e. The Hall–Kier alpha value is -3.41. The molecule has 262 valence electrons. The Balaban J connectivity index is 1.78. The first-order valence-corrected chi connectivity index (χ1v) is 17.8. The van der Waals surface area contributed by atoms with Crippen LogP contribution in [0.2, 0.25) is 0 Å². The molecule has 0 unspecified atom stereocenters. The van der Waals surface area contributed by atoms with Crippen LogP contribution in [0.4, 0.5) is 4.79 Å². The fourth-order valence-electron chi connectivity index (χ4n) is 4.82. The Morgan fingerprint density at radius 1 is 1.00 bits per heavy atom. The van der Waals surface area contributed by atoms with Gasteiger partial charge in [-0.05, 0) is 116 Å². The number of methoxy groups -OCH3 is 1. The van der Waals surface area contributed by atoms with Crippen molar-refractivity contribution in [2.45, 2.75) is 63.9 Å². The predicted molar refractivity (Wildman–Crippen MR) is 195 cm³/mol. The second kappa shape index (κ2) is 17.0. The largest absolute Gasteiger partial charge is 0.504 e. The number of phenols is 1. The Morgan fingerprint density at radius 3 is 2.29 bits per heavy atom. The van der Waals surface area contributed by atoms with Crippen LogP contribution < -0.4 is 20.7 Å². The number of benzene rings is 3. The molecule has 12 nitrogen and oxygen atoms in total. The molecule has 0 saturated heterocycles. The molecule has 3 amide bonds. The van der Waals surface area contributed by atoms with Gasteiger partial charge in [0.1, 0.15) is 23.7 Å². The van der Waals surface area contributed by atoms with Gasteiger partial charge >= 0.3 is 12.1 Å². The molecule has 15 heteroatoms. The summed E-state index contributed by atoms with van der Waals surface area (Å²) in [6, 6.07) is 12.2. The molecule has 3 atom stereocenters. The predicted octanol–water partition coefficient (Wildman–Crippen LogP) is 5.67. The van der Waals surface area contributed by atoms with Crippen LogP contribution in [0.5, 0.6) is 17.2 Å². The number of fused-ring (bicyclic) bond motifs is 10. The summed E-state index contributed by atoms with van der Waals surface area (Å²) in [7, 11) is 1.21. The van der Waals surface area contributed by atoms with Crippen LogP contribution in [0, 0.1) is 3.57 Å². The molecule has 0 fully saturated rings. The van der Waals surface area contributed by atoms with Crippen molar-refractivity contribution in [3.8, 4) is 17.2 Å². The summed E-state index contributed by atoms with van der Waals surface area (Å²) in [6.45, 7) is 4.94. The van der Waals surface area contributed by atoms with E-state index >= 15 is 0 Å². The van der Waals surface area contributed by atoms with Crippen LogP contribution in [0.3, 0.4) is 0 Å². The first-order chi connectivity index (χ1) is 23.1. The van der Waals surface area contributed by atoms with Gasteiger partial charge in [0.2, 0.25) is 11.8 Å². The topological polar surface area (TPSA) is 162 Å². The molecule has 49 heavy (non-hydrogen) atoms. The maximum absolute atomic E-state index is 13.9. The lowest BCUT2D eigenvalue weighted by Crippen LogP contribution is -2.58. The summed E-state index contributed by atoms with van der Waals surface area (Å²) in [6.07, 6.45) is -0.922. The maximum atomic E-state index is 13.9. The van der Waals surface area contributed by atoms with Crippen molar-refractivity contribution in [3.05, 3.63) is 83.8 Å². The van der Waals surface area contributed by atoms with Crippen molar-refractivity contribution < 1.29 is 43.2 Å². The lowest BCUT2D eigenvalue weighted by Gasteiger charge is -2.26. The zero-order valence-electron chi connectivity index (χ0n) is 27.1. The van der Waals surface area contributed by atoms with Crippen molar-refractivity contribution in [3.63, 3.8) is 0 Å². The van der Waals surface area contributed by atoms with E-state index < -0.39 is 47.6 Å². The van der Waals surface area contributed by atoms with Gasteiger partial charge in [-0.1, -0.05) is 30.3 Å². The van der Waals surface area contributed by atoms with E-state index in [4.69, 9.17) is 18.9 Å². The van der Waals surface area contributed by atoms with Gasteiger partial charge in [0.05, 0.1) is 32.8 Å². The number of aromatic hydroxyl groups is 1. The second-order valence-electron chi connectivity index (χ2n) is 12.2. The van der Waals surface area contributed by atoms with E-state index in [9.17, 15) is 24.3 Å². The van der Waals surface area contributed by atoms with Gasteiger partial charge in [-0.2, -0.15) is 0 Å². The van der Waals surface area contributed by atoms with E-state index in [1.807, 2.05) is 52.9 Å². The molecular weight excluding hydrogens is 881 g/mol. The molecule has 0 aliphatic carbocycles. The highest BCUT2D eigenvalue weighted by Crippen LogP contribution is 2.42. The third kappa shape index (κ3) is 11.0. The highest BCUT2D eigenvalue weighted by Gasteiger charge is 2.32. The fraction of sp³-hybridized carbons (Fsp3) is 0.353. The van der Waals surface area contributed by atoms with Gasteiger partial charge in [-0.15, -0.1) is 0 Å². The van der Waals surface area contributed by atoms with Crippen molar-refractivity contribution in [1.29, 1.82) is 0 Å². The quantitative estimate of drug-likeness (QED) is 0.181. The number of ether oxygens (including phenoxy) is 4. The minimum atomic E-state index is -1.29. The van der Waals surface area contributed by atoms with Crippen LogP contribution in [0.15, 0.2) is 63.5 Å². The fourth-order valence-corrected chi connectivity index (χ4v) is 6.93. The first kappa shape index (κ1) is 38.4. The summed E-state index contributed by atoms with van der Waals surface area (Å²) in [5.41, 5.74) is 1.13. The number of amides is 3. The van der Waals surface area contributed by atoms with E-state index in [-0.39, 0.29) is 37.6 Å². The van der Waals surface area contributed by atoms with Crippen LogP contribution in [-0.2, 0) is 48.0 Å². The van der Waals surface area contributed by atoms with E-state index in [1.54, 1.807) is 45.0 Å². The number of nitrogens with one attached hydrogen (secondary N) is 3. The molecule has 4 bridgehead atoms. The van der Waals surface area contributed by atoms with Crippen molar-refractivity contribution in [2.24, 2.45) is 0 Å². The molecule has 0 aromatic heterocycles. The standard InChI is InChI=1S/C34H36Br2IN3O9/c1-34(2,3)49-33(45)40-24-13-20-12-23(37)28(41)27(15-20)48-29-21(35)10-19(11-22(29)36)14-25(32(44)46-4)38-31(43)26(39-30(24)42)17-47-16-18-8-6-5-7-9-18/h5-12,15,24-26,41H,13-14,16-17H2,1-4H3,(H,38,43)(H,39,42)(H,40,45)/t24-,25-,26-/m0/s1. The number of hydrogen-bond donors (Lipinski definition) is 4. The van der Waals surface area contributed by atoms with E-state index in [0.29, 0.717) is 29.4 Å². The molecule has 3 aromatic carbocycles. The smallest absolute Gasteiger partial charge is 0.408 e. The third-order valence-corrected chi connectivity index (χ3v) is 9.08. The van der Waals surface area contributed by atoms with E-state index in [2.05, 4.69) is 47.8 Å². The van der Waals surface area contributed by atoms with E-state index in [1.165, 1.54) is 7.11 Å². The zero-order chi connectivity index (χ0) is 35.9. The minimum absolute atomic E-state index is 0.0168. The van der Waals surface area contributed by atoms with E-state index in [0.717, 1.165) is 5.56 Å². The summed E-state index contributed by atoms with van der Waals surface area (Å²) < 4.78 is 23.8. The molecular formula is C34H36Br2IN3O9. The normalized spacial score (nSPS) is 18.4.